The van der Waals surface area contributed by atoms with Gasteiger partial charge in [0, 0.05) is 13.2 Å². The topological polar surface area (TPSA) is 47.0 Å². The van der Waals surface area contributed by atoms with E-state index in [1.54, 1.807) is 0 Å². The highest BCUT2D eigenvalue weighted by molar-refractivity contribution is 14.1. The summed E-state index contributed by atoms with van der Waals surface area (Å²) in [4.78, 5) is 8.94. The fraction of sp³-hybridized carbons (Fsp3) is 0.636. The van der Waals surface area contributed by atoms with E-state index >= 15 is 0 Å². The molecule has 0 saturated heterocycles. The monoisotopic (exact) mass is 335 g/mol. The zero-order valence-electron chi connectivity index (χ0n) is 10.0. The molecule has 0 aliphatic rings. The van der Waals surface area contributed by atoms with Crippen molar-refractivity contribution >= 4 is 28.4 Å². The minimum atomic E-state index is 0.485. The summed E-state index contributed by atoms with van der Waals surface area (Å²) >= 11 is 2.29. The van der Waals surface area contributed by atoms with Gasteiger partial charge in [-0.15, -0.1) is 0 Å². The third-order valence-electron chi connectivity index (χ3n) is 2.08. The summed E-state index contributed by atoms with van der Waals surface area (Å²) in [5.41, 5.74) is 1.08. The summed E-state index contributed by atoms with van der Waals surface area (Å²) in [6.45, 7) is 8.17. The van der Waals surface area contributed by atoms with Crippen LogP contribution in [0.2, 0.25) is 0 Å². The van der Waals surface area contributed by atoms with E-state index in [-0.39, 0.29) is 0 Å². The molecule has 0 saturated carbocycles. The lowest BCUT2D eigenvalue weighted by Gasteiger charge is -2.11. The Hall–Kier alpha value is -0.430. The number of nitrogens with one attached hydrogen (secondary N) is 1. The van der Waals surface area contributed by atoms with Crippen molar-refractivity contribution in [3.63, 3.8) is 0 Å². The Morgan fingerprint density at radius 1 is 1.25 bits per heavy atom. The number of halogens is 1. The summed E-state index contributed by atoms with van der Waals surface area (Å²) in [7, 11) is 0. The molecule has 0 radical (unpaired) electrons. The van der Waals surface area contributed by atoms with Gasteiger partial charge in [-0.25, -0.2) is 9.97 Å². The molecule has 0 unspecified atom stereocenters. The normalized spacial score (nSPS) is 10.5. The van der Waals surface area contributed by atoms with Crippen molar-refractivity contribution < 1.29 is 4.74 Å². The smallest absolute Gasteiger partial charge is 0.156 e. The molecule has 0 amide bonds. The fourth-order valence-electron chi connectivity index (χ4n) is 1.32. The van der Waals surface area contributed by atoms with E-state index in [4.69, 9.17) is 4.74 Å². The minimum absolute atomic E-state index is 0.485. The second-order valence-electron chi connectivity index (χ2n) is 3.27. The van der Waals surface area contributed by atoms with Crippen LogP contribution in [0.4, 0.5) is 5.82 Å². The summed E-state index contributed by atoms with van der Waals surface area (Å²) in [5, 5.41) is 3.25. The predicted octanol–water partition coefficient (Wildman–Crippen LogP) is 2.61. The maximum Gasteiger partial charge on any atom is 0.156 e. The van der Waals surface area contributed by atoms with Gasteiger partial charge in [0.25, 0.3) is 0 Å². The second-order valence-corrected chi connectivity index (χ2v) is 4.35. The molecule has 0 spiro atoms. The van der Waals surface area contributed by atoms with Crippen LogP contribution in [0.15, 0.2) is 0 Å². The fourth-order valence-corrected chi connectivity index (χ4v) is 2.13. The lowest BCUT2D eigenvalue weighted by atomic mass is 10.3. The zero-order chi connectivity index (χ0) is 12.0. The molecule has 1 aromatic rings. The Morgan fingerprint density at radius 3 is 2.56 bits per heavy atom. The Labute approximate surface area is 110 Å². The van der Waals surface area contributed by atoms with Crippen molar-refractivity contribution in [3.05, 3.63) is 15.1 Å². The van der Waals surface area contributed by atoms with Gasteiger partial charge < -0.3 is 10.1 Å². The van der Waals surface area contributed by atoms with Crippen LogP contribution < -0.4 is 5.32 Å². The number of hydrogen-bond donors (Lipinski definition) is 1. The number of aromatic nitrogens is 2. The SMILES string of the molecule is CCNc1nc(COCC)nc(CC)c1I. The van der Waals surface area contributed by atoms with Crippen molar-refractivity contribution in [2.24, 2.45) is 0 Å². The summed E-state index contributed by atoms with van der Waals surface area (Å²) in [6.07, 6.45) is 0.915. The summed E-state index contributed by atoms with van der Waals surface area (Å²) < 4.78 is 6.45. The highest BCUT2D eigenvalue weighted by Gasteiger charge is 2.10. The van der Waals surface area contributed by atoms with Gasteiger partial charge in [0.2, 0.25) is 0 Å². The molecule has 5 heteroatoms. The molecule has 0 aromatic carbocycles. The standard InChI is InChI=1S/C11H18IN3O/c1-4-8-10(12)11(13-5-2)15-9(14-8)7-16-6-3/h4-7H2,1-3H3,(H,13,14,15). The molecule has 0 aliphatic heterocycles. The quantitative estimate of drug-likeness (QED) is 0.812. The van der Waals surface area contributed by atoms with Gasteiger partial charge in [-0.05, 0) is 42.9 Å². The second kappa shape index (κ2) is 7.01. The Morgan fingerprint density at radius 2 is 2.00 bits per heavy atom. The lowest BCUT2D eigenvalue weighted by molar-refractivity contribution is 0.128. The predicted molar refractivity (Wildman–Crippen MR) is 73.6 cm³/mol. The molecule has 0 fully saturated rings. The van der Waals surface area contributed by atoms with E-state index in [2.05, 4.69) is 51.7 Å². The Balaban J connectivity index is 2.97. The van der Waals surface area contributed by atoms with Crippen LogP contribution in [0, 0.1) is 3.57 Å². The highest BCUT2D eigenvalue weighted by atomic mass is 127. The van der Waals surface area contributed by atoms with Crippen molar-refractivity contribution in [2.75, 3.05) is 18.5 Å². The summed E-state index contributed by atoms with van der Waals surface area (Å²) in [5.74, 6) is 1.68. The van der Waals surface area contributed by atoms with Gasteiger partial charge in [-0.1, -0.05) is 6.92 Å². The van der Waals surface area contributed by atoms with Gasteiger partial charge >= 0.3 is 0 Å². The van der Waals surface area contributed by atoms with Gasteiger partial charge in [0.1, 0.15) is 12.4 Å². The van der Waals surface area contributed by atoms with Crippen LogP contribution in [0.3, 0.4) is 0 Å². The molecule has 1 heterocycles. The minimum Gasteiger partial charge on any atom is -0.374 e. The average molecular weight is 335 g/mol. The van der Waals surface area contributed by atoms with Crippen molar-refractivity contribution in [2.45, 2.75) is 33.8 Å². The third kappa shape index (κ3) is 3.55. The van der Waals surface area contributed by atoms with Gasteiger partial charge in [-0.2, -0.15) is 0 Å². The molecular weight excluding hydrogens is 317 g/mol. The van der Waals surface area contributed by atoms with E-state index in [9.17, 15) is 0 Å². The van der Waals surface area contributed by atoms with Crippen LogP contribution in [0.25, 0.3) is 0 Å². The number of hydrogen-bond acceptors (Lipinski definition) is 4. The first-order chi connectivity index (χ1) is 7.72. The van der Waals surface area contributed by atoms with Gasteiger partial charge in [0.15, 0.2) is 5.82 Å². The largest absolute Gasteiger partial charge is 0.374 e. The van der Waals surface area contributed by atoms with E-state index in [0.29, 0.717) is 13.2 Å². The van der Waals surface area contributed by atoms with E-state index in [1.165, 1.54) is 0 Å². The van der Waals surface area contributed by atoms with Crippen molar-refractivity contribution in [3.8, 4) is 0 Å². The Kier molecular flexibility index (Phi) is 5.97. The molecule has 1 aromatic heterocycles. The number of nitrogens with zero attached hydrogens (tertiary/aromatic N) is 2. The molecule has 1 rings (SSSR count). The molecule has 0 atom stereocenters. The Bertz CT molecular complexity index is 344. The van der Waals surface area contributed by atoms with Gasteiger partial charge in [-0.3, -0.25) is 0 Å². The summed E-state index contributed by atoms with van der Waals surface area (Å²) in [6, 6.07) is 0. The number of rotatable bonds is 6. The first kappa shape index (κ1) is 13.6. The molecule has 0 aliphatic carbocycles. The molecule has 4 nitrogen and oxygen atoms in total. The van der Waals surface area contributed by atoms with Crippen LogP contribution in [0.1, 0.15) is 32.3 Å². The third-order valence-corrected chi connectivity index (χ3v) is 3.21. The van der Waals surface area contributed by atoms with Crippen LogP contribution >= 0.6 is 22.6 Å². The van der Waals surface area contributed by atoms with Crippen LogP contribution in [-0.2, 0) is 17.8 Å². The molecule has 0 bridgehead atoms. The highest BCUT2D eigenvalue weighted by Crippen LogP contribution is 2.19. The molecule has 90 valence electrons. The number of ether oxygens (including phenoxy) is 1. The van der Waals surface area contributed by atoms with E-state index in [1.807, 2.05) is 6.92 Å². The average Bonchev–Trinajstić information content (AvgIpc) is 2.30. The number of aryl methyl sites for hydroxylation is 1. The maximum atomic E-state index is 5.34. The molecular formula is C11H18IN3O. The van der Waals surface area contributed by atoms with Crippen LogP contribution in [0.5, 0.6) is 0 Å². The molecule has 1 N–H and O–H groups in total. The van der Waals surface area contributed by atoms with Crippen LogP contribution in [-0.4, -0.2) is 23.1 Å². The van der Waals surface area contributed by atoms with E-state index in [0.717, 1.165) is 33.9 Å². The molecule has 16 heavy (non-hydrogen) atoms. The first-order valence-corrected chi connectivity index (χ1v) is 6.67. The maximum absolute atomic E-state index is 5.34. The lowest BCUT2D eigenvalue weighted by Crippen LogP contribution is -2.10. The van der Waals surface area contributed by atoms with Crippen molar-refractivity contribution in [1.29, 1.82) is 0 Å². The van der Waals surface area contributed by atoms with Crippen molar-refractivity contribution in [1.82, 2.24) is 9.97 Å². The van der Waals surface area contributed by atoms with E-state index < -0.39 is 0 Å². The number of anilines is 1. The first-order valence-electron chi connectivity index (χ1n) is 5.59. The van der Waals surface area contributed by atoms with Gasteiger partial charge in [0.05, 0.1) is 9.26 Å². The zero-order valence-corrected chi connectivity index (χ0v) is 12.2.